The molecule has 2 aromatic heterocycles. The van der Waals surface area contributed by atoms with Gasteiger partial charge in [0.25, 0.3) is 0 Å². The number of anilines is 3. The highest BCUT2D eigenvalue weighted by molar-refractivity contribution is 5.83. The molecule has 1 fully saturated rings. The van der Waals surface area contributed by atoms with Gasteiger partial charge in [-0.25, -0.2) is 4.98 Å². The number of hydrogen-bond donors (Lipinski definition) is 4. The van der Waals surface area contributed by atoms with Crippen LogP contribution in [0.25, 0.3) is 11.2 Å². The Bertz CT molecular complexity index is 1060. The highest BCUT2D eigenvalue weighted by Gasteiger charge is 2.25. The van der Waals surface area contributed by atoms with E-state index in [1.54, 1.807) is 7.11 Å². The number of imidazole rings is 1. The Hall–Kier alpha value is -3.07. The molecule has 2 heterocycles. The maximum atomic E-state index is 6.35. The zero-order valence-electron chi connectivity index (χ0n) is 18.3. The average molecular weight is 425 g/mol. The minimum absolute atomic E-state index is 0.0182. The number of ether oxygens (including phenoxy) is 1. The standard InChI is InChI=1S/C22H32N8O/c1-13(23)12-26-22-28-20(25)19-21(29-22)30(15-8-4-3-5-9-15)17(27-19)11-14-7-6-10-16(31-2)18(14)24/h6-7,10,13,15H,3-5,8-9,11-12,23-24H2,1-2H3,(H3,25,26,28,29). The van der Waals surface area contributed by atoms with Crippen LogP contribution in [0.1, 0.15) is 56.5 Å². The van der Waals surface area contributed by atoms with Crippen molar-refractivity contribution in [3.8, 4) is 5.75 Å². The maximum Gasteiger partial charge on any atom is 0.226 e. The summed E-state index contributed by atoms with van der Waals surface area (Å²) in [4.78, 5) is 14.1. The first-order valence-electron chi connectivity index (χ1n) is 10.9. The fraction of sp³-hybridized carbons (Fsp3) is 0.500. The van der Waals surface area contributed by atoms with Gasteiger partial charge < -0.3 is 31.8 Å². The fourth-order valence-electron chi connectivity index (χ4n) is 4.31. The topological polar surface area (TPSA) is 143 Å². The zero-order valence-corrected chi connectivity index (χ0v) is 18.3. The van der Waals surface area contributed by atoms with Gasteiger partial charge in [-0.1, -0.05) is 31.4 Å². The Balaban J connectivity index is 1.81. The molecule has 1 aliphatic rings. The second kappa shape index (κ2) is 8.97. The van der Waals surface area contributed by atoms with Crippen molar-refractivity contribution in [3.05, 3.63) is 29.6 Å². The van der Waals surface area contributed by atoms with Gasteiger partial charge in [-0.2, -0.15) is 9.97 Å². The average Bonchev–Trinajstić information content (AvgIpc) is 3.13. The van der Waals surface area contributed by atoms with Crippen molar-refractivity contribution >= 4 is 28.6 Å². The largest absolute Gasteiger partial charge is 0.495 e. The summed E-state index contributed by atoms with van der Waals surface area (Å²) < 4.78 is 7.65. The quantitative estimate of drug-likeness (QED) is 0.424. The van der Waals surface area contributed by atoms with E-state index in [1.807, 2.05) is 25.1 Å². The van der Waals surface area contributed by atoms with Crippen molar-refractivity contribution in [2.45, 2.75) is 57.5 Å². The number of nitrogens with zero attached hydrogens (tertiary/aromatic N) is 4. The molecule has 0 aliphatic heterocycles. The van der Waals surface area contributed by atoms with Gasteiger partial charge in [0, 0.05) is 25.0 Å². The minimum Gasteiger partial charge on any atom is -0.495 e. The van der Waals surface area contributed by atoms with Crippen LogP contribution in [0.15, 0.2) is 18.2 Å². The Kier molecular flexibility index (Phi) is 6.13. The third-order valence-electron chi connectivity index (χ3n) is 5.89. The number of aromatic nitrogens is 4. The van der Waals surface area contributed by atoms with Gasteiger partial charge in [0.05, 0.1) is 12.8 Å². The molecule has 1 aliphatic carbocycles. The third kappa shape index (κ3) is 4.36. The summed E-state index contributed by atoms with van der Waals surface area (Å²) in [5, 5.41) is 3.19. The monoisotopic (exact) mass is 424 g/mol. The predicted molar refractivity (Wildman–Crippen MR) is 124 cm³/mol. The summed E-state index contributed by atoms with van der Waals surface area (Å²) >= 11 is 0. The lowest BCUT2D eigenvalue weighted by Crippen LogP contribution is -2.26. The minimum atomic E-state index is -0.0182. The summed E-state index contributed by atoms with van der Waals surface area (Å²) in [7, 11) is 1.62. The van der Waals surface area contributed by atoms with Crippen LogP contribution >= 0.6 is 0 Å². The number of rotatable bonds is 7. The predicted octanol–water partition coefficient (Wildman–Crippen LogP) is 2.85. The molecule has 0 saturated heterocycles. The van der Waals surface area contributed by atoms with Crippen molar-refractivity contribution in [3.63, 3.8) is 0 Å². The van der Waals surface area contributed by atoms with Gasteiger partial charge in [-0.15, -0.1) is 0 Å². The molecule has 9 heteroatoms. The fourth-order valence-corrected chi connectivity index (χ4v) is 4.31. The Morgan fingerprint density at radius 1 is 1.16 bits per heavy atom. The van der Waals surface area contributed by atoms with E-state index in [1.165, 1.54) is 19.3 Å². The van der Waals surface area contributed by atoms with Crippen LogP contribution in [-0.4, -0.2) is 39.2 Å². The molecule has 31 heavy (non-hydrogen) atoms. The molecule has 0 radical (unpaired) electrons. The number of methoxy groups -OCH3 is 1. The van der Waals surface area contributed by atoms with Crippen LogP contribution in [0.2, 0.25) is 0 Å². The number of para-hydroxylation sites is 1. The van der Waals surface area contributed by atoms with E-state index in [0.29, 0.717) is 47.7 Å². The highest BCUT2D eigenvalue weighted by Crippen LogP contribution is 2.35. The lowest BCUT2D eigenvalue weighted by atomic mass is 9.95. The van der Waals surface area contributed by atoms with E-state index in [0.717, 1.165) is 29.9 Å². The molecule has 1 atom stereocenters. The molecule has 0 amide bonds. The van der Waals surface area contributed by atoms with E-state index in [9.17, 15) is 0 Å². The second-order valence-electron chi connectivity index (χ2n) is 8.36. The van der Waals surface area contributed by atoms with Crippen molar-refractivity contribution < 1.29 is 4.74 Å². The van der Waals surface area contributed by atoms with Crippen molar-refractivity contribution in [1.82, 2.24) is 19.5 Å². The molecule has 1 aromatic carbocycles. The van der Waals surface area contributed by atoms with Crippen molar-refractivity contribution in [2.75, 3.05) is 30.4 Å². The summed E-state index contributed by atoms with van der Waals surface area (Å²) in [6.07, 6.45) is 6.41. The van der Waals surface area contributed by atoms with Crippen LogP contribution < -0.4 is 27.3 Å². The van der Waals surface area contributed by atoms with Gasteiger partial charge >= 0.3 is 0 Å². The van der Waals surface area contributed by atoms with Crippen LogP contribution in [0.3, 0.4) is 0 Å². The van der Waals surface area contributed by atoms with Crippen molar-refractivity contribution in [1.29, 1.82) is 0 Å². The first kappa shape index (κ1) is 21.2. The molecule has 1 saturated carbocycles. The number of nitrogens with one attached hydrogen (secondary N) is 1. The van der Waals surface area contributed by atoms with Gasteiger partial charge in [0.15, 0.2) is 17.0 Å². The second-order valence-corrected chi connectivity index (χ2v) is 8.36. The van der Waals surface area contributed by atoms with Crippen LogP contribution in [-0.2, 0) is 6.42 Å². The van der Waals surface area contributed by atoms with Gasteiger partial charge in [0.1, 0.15) is 11.6 Å². The van der Waals surface area contributed by atoms with Crippen molar-refractivity contribution in [2.24, 2.45) is 5.73 Å². The summed E-state index contributed by atoms with van der Waals surface area (Å²) in [6.45, 7) is 2.49. The number of hydrogen-bond acceptors (Lipinski definition) is 8. The Morgan fingerprint density at radius 2 is 1.94 bits per heavy atom. The smallest absolute Gasteiger partial charge is 0.226 e. The summed E-state index contributed by atoms with van der Waals surface area (Å²) in [5.41, 5.74) is 21.5. The number of nitrogen functional groups attached to an aromatic ring is 2. The summed E-state index contributed by atoms with van der Waals surface area (Å²) in [5.74, 6) is 2.41. The molecule has 0 spiro atoms. The van der Waals surface area contributed by atoms with Crippen LogP contribution in [0, 0.1) is 0 Å². The molecule has 166 valence electrons. The maximum absolute atomic E-state index is 6.35. The van der Waals surface area contributed by atoms with Gasteiger partial charge in [0.2, 0.25) is 5.95 Å². The Labute approximate surface area is 182 Å². The van der Waals surface area contributed by atoms with E-state index in [-0.39, 0.29) is 6.04 Å². The normalized spacial score (nSPS) is 15.8. The molecule has 7 N–H and O–H groups in total. The third-order valence-corrected chi connectivity index (χ3v) is 5.89. The SMILES string of the molecule is COc1cccc(Cc2nc3c(N)nc(NCC(C)N)nc3n2C2CCCCC2)c1N. The van der Waals surface area contributed by atoms with Crippen LogP contribution in [0.4, 0.5) is 17.5 Å². The molecular formula is C22H32N8O. The van der Waals surface area contributed by atoms with E-state index >= 15 is 0 Å². The molecule has 0 bridgehead atoms. The lowest BCUT2D eigenvalue weighted by Gasteiger charge is -2.25. The van der Waals surface area contributed by atoms with E-state index < -0.39 is 0 Å². The first-order chi connectivity index (χ1) is 15.0. The summed E-state index contributed by atoms with van der Waals surface area (Å²) in [6, 6.07) is 6.13. The van der Waals surface area contributed by atoms with E-state index in [4.69, 9.17) is 31.9 Å². The zero-order chi connectivity index (χ0) is 22.0. The molecule has 3 aromatic rings. The number of benzene rings is 1. The van der Waals surface area contributed by atoms with Gasteiger partial charge in [-0.05, 0) is 31.4 Å². The molecular weight excluding hydrogens is 392 g/mol. The lowest BCUT2D eigenvalue weighted by molar-refractivity contribution is 0.352. The number of nitrogens with two attached hydrogens (primary N) is 3. The molecule has 1 unspecified atom stereocenters. The van der Waals surface area contributed by atoms with Gasteiger partial charge in [-0.3, -0.25) is 0 Å². The molecule has 9 nitrogen and oxygen atoms in total. The molecule has 4 rings (SSSR count). The highest BCUT2D eigenvalue weighted by atomic mass is 16.5. The van der Waals surface area contributed by atoms with E-state index in [2.05, 4.69) is 14.9 Å². The Morgan fingerprint density at radius 3 is 2.65 bits per heavy atom. The first-order valence-corrected chi connectivity index (χ1v) is 10.9. The van der Waals surface area contributed by atoms with Crippen LogP contribution in [0.5, 0.6) is 5.75 Å². The number of fused-ring (bicyclic) bond motifs is 1.